The summed E-state index contributed by atoms with van der Waals surface area (Å²) in [5, 5.41) is 41.2. The number of rotatable bonds is 9. The number of hydrogen-bond acceptors (Lipinski definition) is 6. The van der Waals surface area contributed by atoms with Crippen LogP contribution in [0, 0.1) is 17.8 Å². The van der Waals surface area contributed by atoms with Gasteiger partial charge in [-0.25, -0.2) is 4.90 Å². The number of carbonyl (C=O) groups excluding carboxylic acids is 2. The molecule has 0 radical (unpaired) electrons. The molecule has 2 amide bonds. The summed E-state index contributed by atoms with van der Waals surface area (Å²) in [6, 6.07) is 6.91. The summed E-state index contributed by atoms with van der Waals surface area (Å²) in [7, 11) is 0. The highest BCUT2D eigenvalue weighted by Crippen LogP contribution is 2.48. The number of carbonyl (C=O) groups is 2. The molecule has 1 aliphatic heterocycles. The first-order valence-electron chi connectivity index (χ1n) is 13.9. The van der Waals surface area contributed by atoms with Gasteiger partial charge in [0.15, 0.2) is 0 Å². The molecule has 0 bridgehead atoms. The molecule has 0 saturated carbocycles. The SMILES string of the molecule is CC/C(=C\c1ccc(O)cc1)CC[C@@H](O)C1=C(CO)C[C@H]2C(=O)N(c3cc(C(F)(F)F)cc(C(F)(F)F)c3)C(=O)[C@H]2[C@H]1CO. The smallest absolute Gasteiger partial charge is 0.416 e. The summed E-state index contributed by atoms with van der Waals surface area (Å²) in [4.78, 5) is 27.3. The second kappa shape index (κ2) is 12.7. The molecular formula is C31H31F6NO6. The van der Waals surface area contributed by atoms with E-state index in [2.05, 4.69) is 0 Å². The number of amides is 2. The van der Waals surface area contributed by atoms with Crippen LogP contribution in [0.25, 0.3) is 6.08 Å². The summed E-state index contributed by atoms with van der Waals surface area (Å²) >= 11 is 0. The number of alkyl halides is 6. The van der Waals surface area contributed by atoms with Gasteiger partial charge >= 0.3 is 12.4 Å². The minimum atomic E-state index is -5.21. The van der Waals surface area contributed by atoms with Crippen LogP contribution in [0.5, 0.6) is 5.75 Å². The van der Waals surface area contributed by atoms with Gasteiger partial charge in [-0.1, -0.05) is 30.7 Å². The Bertz CT molecular complexity index is 1430. The van der Waals surface area contributed by atoms with E-state index in [-0.39, 0.29) is 40.7 Å². The Labute approximate surface area is 248 Å². The second-order valence-electron chi connectivity index (χ2n) is 10.9. The van der Waals surface area contributed by atoms with E-state index in [1.807, 2.05) is 13.0 Å². The number of allylic oxidation sites excluding steroid dienone is 1. The van der Waals surface area contributed by atoms with Gasteiger partial charge in [0.25, 0.3) is 0 Å². The van der Waals surface area contributed by atoms with Crippen molar-refractivity contribution in [1.82, 2.24) is 0 Å². The summed E-state index contributed by atoms with van der Waals surface area (Å²) in [6.45, 7) is 0.470. The zero-order valence-electron chi connectivity index (χ0n) is 23.5. The lowest BCUT2D eigenvalue weighted by molar-refractivity contribution is -0.143. The van der Waals surface area contributed by atoms with Gasteiger partial charge in [-0.05, 0) is 72.7 Å². The molecule has 1 saturated heterocycles. The van der Waals surface area contributed by atoms with Crippen molar-refractivity contribution in [2.75, 3.05) is 18.1 Å². The topological polar surface area (TPSA) is 118 Å². The molecule has 1 heterocycles. The molecule has 0 unspecified atom stereocenters. The highest BCUT2D eigenvalue weighted by atomic mass is 19.4. The molecule has 0 spiro atoms. The van der Waals surface area contributed by atoms with Crippen molar-refractivity contribution in [3.8, 4) is 5.75 Å². The van der Waals surface area contributed by atoms with Gasteiger partial charge < -0.3 is 20.4 Å². The molecule has 4 rings (SSSR count). The molecule has 7 nitrogen and oxygen atoms in total. The number of hydrogen-bond donors (Lipinski definition) is 4. The van der Waals surface area contributed by atoms with Crippen molar-refractivity contribution < 1.29 is 56.4 Å². The Morgan fingerprint density at radius 2 is 1.57 bits per heavy atom. The molecule has 13 heteroatoms. The Morgan fingerprint density at radius 1 is 0.977 bits per heavy atom. The molecule has 44 heavy (non-hydrogen) atoms. The number of aliphatic hydroxyl groups is 3. The van der Waals surface area contributed by atoms with E-state index in [0.29, 0.717) is 25.0 Å². The number of benzene rings is 2. The third-order valence-electron chi connectivity index (χ3n) is 8.22. The molecule has 2 aromatic carbocycles. The van der Waals surface area contributed by atoms with Crippen LogP contribution < -0.4 is 4.90 Å². The van der Waals surface area contributed by atoms with E-state index in [9.17, 15) is 56.4 Å². The van der Waals surface area contributed by atoms with Crippen LogP contribution in [0.3, 0.4) is 0 Å². The van der Waals surface area contributed by atoms with E-state index in [4.69, 9.17) is 0 Å². The maximum Gasteiger partial charge on any atom is 0.416 e. The van der Waals surface area contributed by atoms with Gasteiger partial charge in [0.2, 0.25) is 11.8 Å². The molecule has 4 N–H and O–H groups in total. The molecule has 4 atom stereocenters. The predicted octanol–water partition coefficient (Wildman–Crippen LogP) is 5.47. The van der Waals surface area contributed by atoms with E-state index in [1.165, 1.54) is 12.1 Å². The molecule has 2 aromatic rings. The number of imide groups is 1. The quantitative estimate of drug-likeness (QED) is 0.166. The van der Waals surface area contributed by atoms with Crippen LogP contribution >= 0.6 is 0 Å². The fourth-order valence-corrected chi connectivity index (χ4v) is 6.06. The number of nitrogens with zero attached hydrogens (tertiary/aromatic N) is 1. The highest BCUT2D eigenvalue weighted by Gasteiger charge is 2.55. The highest BCUT2D eigenvalue weighted by molar-refractivity contribution is 6.22. The molecule has 238 valence electrons. The van der Waals surface area contributed by atoms with Crippen LogP contribution in [0.4, 0.5) is 32.0 Å². The summed E-state index contributed by atoms with van der Waals surface area (Å²) < 4.78 is 81.0. The van der Waals surface area contributed by atoms with Crippen molar-refractivity contribution in [3.05, 3.63) is 75.9 Å². The third-order valence-corrected chi connectivity index (χ3v) is 8.22. The zero-order valence-corrected chi connectivity index (χ0v) is 23.5. The number of phenols is 1. The van der Waals surface area contributed by atoms with E-state index in [0.717, 1.165) is 11.1 Å². The van der Waals surface area contributed by atoms with Gasteiger partial charge in [0.1, 0.15) is 5.75 Å². The Hall–Kier alpha value is -3.68. The lowest BCUT2D eigenvalue weighted by atomic mass is 9.68. The maximum absolute atomic E-state index is 13.6. The molecule has 1 aliphatic carbocycles. The van der Waals surface area contributed by atoms with Gasteiger partial charge in [0, 0.05) is 5.92 Å². The Balaban J connectivity index is 1.65. The maximum atomic E-state index is 13.6. The fourth-order valence-electron chi connectivity index (χ4n) is 6.06. The Morgan fingerprint density at radius 3 is 2.07 bits per heavy atom. The number of fused-ring (bicyclic) bond motifs is 1. The van der Waals surface area contributed by atoms with E-state index in [1.54, 1.807) is 12.1 Å². The van der Waals surface area contributed by atoms with Gasteiger partial charge in [-0.2, -0.15) is 26.3 Å². The minimum Gasteiger partial charge on any atom is -0.508 e. The number of aliphatic hydroxyl groups excluding tert-OH is 3. The van der Waals surface area contributed by atoms with Crippen molar-refractivity contribution in [1.29, 1.82) is 0 Å². The van der Waals surface area contributed by atoms with Gasteiger partial charge in [-0.15, -0.1) is 0 Å². The average molecular weight is 628 g/mol. The van der Waals surface area contributed by atoms with Gasteiger partial charge in [0.05, 0.1) is 48.0 Å². The van der Waals surface area contributed by atoms with Crippen LogP contribution in [-0.2, 0) is 21.9 Å². The van der Waals surface area contributed by atoms with Crippen molar-refractivity contribution in [2.24, 2.45) is 17.8 Å². The first-order valence-corrected chi connectivity index (χ1v) is 13.9. The van der Waals surface area contributed by atoms with Crippen LogP contribution in [0.2, 0.25) is 0 Å². The average Bonchev–Trinajstić information content (AvgIpc) is 3.22. The van der Waals surface area contributed by atoms with Crippen molar-refractivity contribution in [2.45, 2.75) is 51.1 Å². The molecule has 0 aromatic heterocycles. The third kappa shape index (κ3) is 6.69. The van der Waals surface area contributed by atoms with E-state index >= 15 is 0 Å². The second-order valence-corrected chi connectivity index (χ2v) is 10.9. The monoisotopic (exact) mass is 627 g/mol. The number of phenolic OH excluding ortho intramolecular Hbond substituents is 1. The van der Waals surface area contributed by atoms with Crippen LogP contribution in [-0.4, -0.2) is 51.6 Å². The van der Waals surface area contributed by atoms with Crippen LogP contribution in [0.1, 0.15) is 49.3 Å². The summed E-state index contributed by atoms with van der Waals surface area (Å²) in [5.74, 6) is -5.94. The Kier molecular flexibility index (Phi) is 9.62. The first kappa shape index (κ1) is 33.2. The first-order chi connectivity index (χ1) is 20.6. The minimum absolute atomic E-state index is 0.0945. The van der Waals surface area contributed by atoms with Crippen molar-refractivity contribution in [3.63, 3.8) is 0 Å². The molecular weight excluding hydrogens is 596 g/mol. The molecule has 2 aliphatic rings. The number of halogens is 6. The lowest BCUT2D eigenvalue weighted by Crippen LogP contribution is -2.39. The van der Waals surface area contributed by atoms with E-state index < -0.39 is 78.1 Å². The largest absolute Gasteiger partial charge is 0.508 e. The lowest BCUT2D eigenvalue weighted by Gasteiger charge is -2.36. The zero-order chi connectivity index (χ0) is 32.6. The fraction of sp³-hybridized carbons (Fsp3) is 0.419. The number of anilines is 1. The van der Waals surface area contributed by atoms with Crippen LogP contribution in [0.15, 0.2) is 59.2 Å². The molecule has 1 fully saturated rings. The number of aromatic hydroxyl groups is 1. The van der Waals surface area contributed by atoms with Crippen molar-refractivity contribution >= 4 is 23.6 Å². The summed E-state index contributed by atoms with van der Waals surface area (Å²) in [6.07, 6.45) is -9.05. The van der Waals surface area contributed by atoms with Gasteiger partial charge in [-0.3, -0.25) is 9.59 Å². The standard InChI is InChI=1S/C31H31F6NO6/c1-2-16(9-17-3-6-22(41)7-4-17)5-8-25(42)26-18(14-39)10-23-27(24(26)15-40)29(44)38(28(23)43)21-12-19(30(32,33)34)11-20(13-21)31(35,36)37/h3-4,6-7,9,11-13,23-25,27,39-42H,2,5,8,10,14-15H2,1H3/b16-9+/t23-,24+,25-,27-/m1/s1. The predicted molar refractivity (Wildman–Crippen MR) is 147 cm³/mol. The normalized spacial score (nSPS) is 22.1. The summed E-state index contributed by atoms with van der Waals surface area (Å²) in [5.41, 5.74) is -2.30.